The highest BCUT2D eigenvalue weighted by atomic mass is 35.5. The van der Waals surface area contributed by atoms with Gasteiger partial charge in [-0.25, -0.2) is 0 Å². The van der Waals surface area contributed by atoms with E-state index < -0.39 is 6.10 Å². The van der Waals surface area contributed by atoms with Gasteiger partial charge in [0.1, 0.15) is 12.4 Å². The van der Waals surface area contributed by atoms with Crippen LogP contribution in [0.15, 0.2) is 24.3 Å². The molecule has 2 rings (SSSR count). The van der Waals surface area contributed by atoms with Crippen molar-refractivity contribution in [3.05, 3.63) is 46.2 Å². The molecule has 1 atom stereocenters. The summed E-state index contributed by atoms with van der Waals surface area (Å²) in [5.41, 5.74) is 2.56. The summed E-state index contributed by atoms with van der Waals surface area (Å²) in [6.07, 6.45) is 0.287. The van der Waals surface area contributed by atoms with Crippen molar-refractivity contribution in [2.24, 2.45) is 7.05 Å². The van der Waals surface area contributed by atoms with Crippen molar-refractivity contribution >= 4 is 11.6 Å². The number of nitrogens with zero attached hydrogens (tertiary/aromatic N) is 2. The minimum Gasteiger partial charge on any atom is -0.487 e. The Bertz CT molecular complexity index is 594. The molecule has 0 fully saturated rings. The number of benzene rings is 1. The molecule has 5 heteroatoms. The van der Waals surface area contributed by atoms with Gasteiger partial charge in [-0.1, -0.05) is 30.7 Å². The van der Waals surface area contributed by atoms with Gasteiger partial charge in [0.25, 0.3) is 0 Å². The van der Waals surface area contributed by atoms with Crippen LogP contribution in [0, 0.1) is 0 Å². The molecule has 0 saturated carbocycles. The van der Waals surface area contributed by atoms with E-state index >= 15 is 0 Å². The van der Waals surface area contributed by atoms with Crippen molar-refractivity contribution in [1.29, 1.82) is 0 Å². The smallest absolute Gasteiger partial charge is 0.131 e. The topological polar surface area (TPSA) is 47.3 Å². The van der Waals surface area contributed by atoms with Crippen LogP contribution in [-0.4, -0.2) is 14.9 Å². The van der Waals surface area contributed by atoms with Crippen molar-refractivity contribution in [1.82, 2.24) is 9.78 Å². The number of halogens is 1. The molecule has 0 radical (unpaired) electrons. The van der Waals surface area contributed by atoms with Crippen molar-refractivity contribution in [3.8, 4) is 5.75 Å². The molecule has 1 aromatic carbocycles. The molecule has 1 aromatic heterocycles. The lowest BCUT2D eigenvalue weighted by atomic mass is 10.1. The first-order valence-corrected chi connectivity index (χ1v) is 7.01. The number of rotatable bonds is 5. The molecule has 0 aliphatic heterocycles. The van der Waals surface area contributed by atoms with Gasteiger partial charge in [0.15, 0.2) is 0 Å². The Morgan fingerprint density at radius 3 is 2.80 bits per heavy atom. The van der Waals surface area contributed by atoms with E-state index in [9.17, 15) is 5.11 Å². The highest BCUT2D eigenvalue weighted by Gasteiger charge is 2.13. The first-order chi connectivity index (χ1) is 9.52. The third kappa shape index (κ3) is 3.14. The normalized spacial score (nSPS) is 12.4. The van der Waals surface area contributed by atoms with E-state index in [-0.39, 0.29) is 0 Å². The predicted molar refractivity (Wildman–Crippen MR) is 79.0 cm³/mol. The minimum atomic E-state index is -0.509. The van der Waals surface area contributed by atoms with Gasteiger partial charge in [0, 0.05) is 7.05 Å². The van der Waals surface area contributed by atoms with Gasteiger partial charge in [-0.05, 0) is 31.0 Å². The quantitative estimate of drug-likeness (QED) is 0.920. The zero-order chi connectivity index (χ0) is 14.7. The molecule has 0 spiro atoms. The first kappa shape index (κ1) is 14.9. The SMILES string of the molecule is CCc1nn(C)c(COc2cccc([C@H](C)O)c2)c1Cl. The summed E-state index contributed by atoms with van der Waals surface area (Å²) in [6, 6.07) is 7.41. The van der Waals surface area contributed by atoms with Gasteiger partial charge < -0.3 is 9.84 Å². The maximum absolute atomic E-state index is 9.57. The molecule has 0 aliphatic carbocycles. The Kier molecular flexibility index (Phi) is 4.68. The average Bonchev–Trinajstić information content (AvgIpc) is 2.71. The summed E-state index contributed by atoms with van der Waals surface area (Å²) in [7, 11) is 1.86. The van der Waals surface area contributed by atoms with E-state index in [0.29, 0.717) is 17.4 Å². The highest BCUT2D eigenvalue weighted by molar-refractivity contribution is 6.31. The van der Waals surface area contributed by atoms with Crippen LogP contribution in [0.25, 0.3) is 0 Å². The van der Waals surface area contributed by atoms with Crippen molar-refractivity contribution in [3.63, 3.8) is 0 Å². The van der Waals surface area contributed by atoms with Crippen LogP contribution in [0.5, 0.6) is 5.75 Å². The lowest BCUT2D eigenvalue weighted by Gasteiger charge is -2.10. The monoisotopic (exact) mass is 294 g/mol. The maximum atomic E-state index is 9.57. The van der Waals surface area contributed by atoms with E-state index in [1.54, 1.807) is 11.6 Å². The van der Waals surface area contributed by atoms with Gasteiger partial charge >= 0.3 is 0 Å². The molecular formula is C15H19ClN2O2. The molecule has 20 heavy (non-hydrogen) atoms. The fraction of sp³-hybridized carbons (Fsp3) is 0.400. The van der Waals surface area contributed by atoms with Gasteiger partial charge in [-0.15, -0.1) is 0 Å². The molecule has 0 amide bonds. The lowest BCUT2D eigenvalue weighted by molar-refractivity contribution is 0.198. The summed E-state index contributed by atoms with van der Waals surface area (Å²) in [5.74, 6) is 0.707. The molecule has 2 aromatic rings. The second-order valence-corrected chi connectivity index (χ2v) is 5.10. The Hall–Kier alpha value is -1.52. The molecule has 0 saturated heterocycles. The zero-order valence-electron chi connectivity index (χ0n) is 11.9. The number of aliphatic hydroxyl groups is 1. The summed E-state index contributed by atoms with van der Waals surface area (Å²) in [5, 5.41) is 14.6. The number of aromatic nitrogens is 2. The van der Waals surface area contributed by atoms with Crippen LogP contribution in [0.4, 0.5) is 0 Å². The van der Waals surface area contributed by atoms with E-state index in [0.717, 1.165) is 23.4 Å². The number of hydrogen-bond acceptors (Lipinski definition) is 3. The predicted octanol–water partition coefficient (Wildman–Crippen LogP) is 3.27. The average molecular weight is 295 g/mol. The molecule has 1 heterocycles. The van der Waals surface area contributed by atoms with Crippen LogP contribution >= 0.6 is 11.6 Å². The van der Waals surface area contributed by atoms with Crippen LogP contribution in [0.3, 0.4) is 0 Å². The molecule has 108 valence electrons. The third-order valence-electron chi connectivity index (χ3n) is 3.22. The minimum absolute atomic E-state index is 0.353. The Morgan fingerprint density at radius 2 is 2.20 bits per heavy atom. The summed E-state index contributed by atoms with van der Waals surface area (Å²) >= 11 is 6.27. The lowest BCUT2D eigenvalue weighted by Crippen LogP contribution is -2.04. The molecule has 0 bridgehead atoms. The first-order valence-electron chi connectivity index (χ1n) is 6.64. The largest absolute Gasteiger partial charge is 0.487 e. The van der Waals surface area contributed by atoms with Crippen LogP contribution < -0.4 is 4.74 Å². The molecule has 0 aliphatic rings. The summed E-state index contributed by atoms with van der Waals surface area (Å²) in [6.45, 7) is 4.10. The molecule has 1 N–H and O–H groups in total. The second-order valence-electron chi connectivity index (χ2n) is 4.72. The Labute approximate surface area is 123 Å². The van der Waals surface area contributed by atoms with Crippen molar-refractivity contribution in [2.75, 3.05) is 0 Å². The fourth-order valence-corrected chi connectivity index (χ4v) is 2.34. The fourth-order valence-electron chi connectivity index (χ4n) is 1.99. The number of ether oxygens (including phenoxy) is 1. The number of aliphatic hydroxyl groups excluding tert-OH is 1. The van der Waals surface area contributed by atoms with Crippen molar-refractivity contribution < 1.29 is 9.84 Å². The van der Waals surface area contributed by atoms with E-state index in [1.807, 2.05) is 38.2 Å². The number of aryl methyl sites for hydroxylation is 2. The Balaban J connectivity index is 2.13. The van der Waals surface area contributed by atoms with E-state index in [4.69, 9.17) is 16.3 Å². The summed E-state index contributed by atoms with van der Waals surface area (Å²) in [4.78, 5) is 0. The van der Waals surface area contributed by atoms with Crippen molar-refractivity contribution in [2.45, 2.75) is 33.0 Å². The Morgan fingerprint density at radius 1 is 1.45 bits per heavy atom. The molecule has 0 unspecified atom stereocenters. The maximum Gasteiger partial charge on any atom is 0.131 e. The third-order valence-corrected chi connectivity index (χ3v) is 3.66. The number of hydrogen-bond donors (Lipinski definition) is 1. The van der Waals surface area contributed by atoms with Crippen LogP contribution in [-0.2, 0) is 20.1 Å². The zero-order valence-corrected chi connectivity index (χ0v) is 12.7. The molecule has 4 nitrogen and oxygen atoms in total. The molecular weight excluding hydrogens is 276 g/mol. The van der Waals surface area contributed by atoms with E-state index in [1.165, 1.54) is 0 Å². The van der Waals surface area contributed by atoms with Gasteiger partial charge in [-0.3, -0.25) is 4.68 Å². The van der Waals surface area contributed by atoms with Crippen LogP contribution in [0.2, 0.25) is 5.02 Å². The summed E-state index contributed by atoms with van der Waals surface area (Å²) < 4.78 is 7.50. The standard InChI is InChI=1S/C15H19ClN2O2/c1-4-13-15(16)14(18(3)17-13)9-20-12-7-5-6-11(8-12)10(2)19/h5-8,10,19H,4,9H2,1-3H3/t10-/m0/s1. The second kappa shape index (κ2) is 6.29. The highest BCUT2D eigenvalue weighted by Crippen LogP contribution is 2.24. The van der Waals surface area contributed by atoms with Gasteiger partial charge in [0.05, 0.1) is 22.5 Å². The van der Waals surface area contributed by atoms with Gasteiger partial charge in [0.2, 0.25) is 0 Å². The van der Waals surface area contributed by atoms with Gasteiger partial charge in [-0.2, -0.15) is 5.10 Å². The van der Waals surface area contributed by atoms with E-state index in [2.05, 4.69) is 5.10 Å². The van der Waals surface area contributed by atoms with Crippen LogP contribution in [0.1, 0.15) is 36.9 Å².